The maximum absolute atomic E-state index is 0. The zero-order valence-corrected chi connectivity index (χ0v) is 6.20. The van der Waals surface area contributed by atoms with E-state index in [1.165, 1.54) is 0 Å². The van der Waals surface area contributed by atoms with E-state index in [0.717, 1.165) is 0 Å². The van der Waals surface area contributed by atoms with E-state index in [1.807, 2.05) is 0 Å². The Kier molecular flexibility index (Phi) is 115. The van der Waals surface area contributed by atoms with E-state index in [4.69, 9.17) is 0 Å². The summed E-state index contributed by atoms with van der Waals surface area (Å²) in [5.74, 6) is 0. The smallest absolute Gasteiger partial charge is 0 e. The van der Waals surface area contributed by atoms with Gasteiger partial charge in [0.1, 0.15) is 0 Å². The van der Waals surface area contributed by atoms with Crippen LogP contribution in [0.3, 0.4) is 0 Å². The number of hydrogen-bond acceptors (Lipinski definition) is 0. The largest absolute Gasteiger partial charge is 0 e. The van der Waals surface area contributed by atoms with Crippen LogP contribution in [0.1, 0.15) is 0 Å². The minimum absolute atomic E-state index is 0. The molecule has 0 fully saturated rings. The summed E-state index contributed by atoms with van der Waals surface area (Å²) in [5, 5.41) is 0. The quantitative estimate of drug-likeness (QED) is 0.455. The molecule has 0 aliphatic carbocycles. The van der Waals surface area contributed by atoms with E-state index in [-0.39, 0.29) is 98.5 Å². The van der Waals surface area contributed by atoms with Crippen molar-refractivity contribution in [1.82, 2.24) is 0 Å². The molecule has 0 atom stereocenters. The molecule has 0 aliphatic heterocycles. The molecule has 0 rings (SSSR count). The molecule has 18 valence electrons. The summed E-state index contributed by atoms with van der Waals surface area (Å²) in [6.07, 6.45) is 0. The van der Waals surface area contributed by atoms with Crippen molar-refractivity contribution in [2.45, 2.75) is 0 Å². The van der Waals surface area contributed by atoms with Gasteiger partial charge in [0.05, 0.1) is 0 Å². The van der Waals surface area contributed by atoms with Gasteiger partial charge in [-0.25, -0.2) is 0 Å². The molecule has 0 radical (unpaired) electrons. The van der Waals surface area contributed by atoms with E-state index < -0.39 is 0 Å². The first-order valence-electron chi connectivity index (χ1n) is 0. The Hall–Kier alpha value is 3.05. The summed E-state index contributed by atoms with van der Waals surface area (Å²) in [6.45, 7) is 0. The molecule has 0 amide bonds. The van der Waals surface area contributed by atoms with Gasteiger partial charge in [0.25, 0.3) is 0 Å². The molecule has 4 heavy (non-hydrogen) atoms. The summed E-state index contributed by atoms with van der Waals surface area (Å²) < 4.78 is 0. The van der Waals surface area contributed by atoms with Crippen molar-refractivity contribution < 1.29 is 68.9 Å². The number of rotatable bonds is 0. The molecule has 1 nitrogen and oxygen atoms in total. The summed E-state index contributed by atoms with van der Waals surface area (Å²) in [4.78, 5) is 0. The third kappa shape index (κ3) is 8.90. The standard InChI is InChI=1S/Ce.Na.H2O.Ti.H/h;;1H2;;. The van der Waals surface area contributed by atoms with Gasteiger partial charge in [0, 0.05) is 63.5 Å². The SMILES string of the molecule is O.[Ce].[NaH].[Ti]. The van der Waals surface area contributed by atoms with Crippen LogP contribution in [0.5, 0.6) is 0 Å². The Balaban J connectivity index is 0. The van der Waals surface area contributed by atoms with Crippen LogP contribution >= 0.6 is 0 Å². The molecule has 0 aliphatic rings. The van der Waals surface area contributed by atoms with Crippen molar-refractivity contribution in [3.8, 4) is 0 Å². The molecule has 0 saturated carbocycles. The van der Waals surface area contributed by atoms with Crippen molar-refractivity contribution in [3.63, 3.8) is 0 Å². The fourth-order valence-electron chi connectivity index (χ4n) is 0. The van der Waals surface area contributed by atoms with Gasteiger partial charge in [-0.1, -0.05) is 0 Å². The van der Waals surface area contributed by atoms with Crippen LogP contribution in [0.4, 0.5) is 0 Å². The van der Waals surface area contributed by atoms with Crippen molar-refractivity contribution in [2.24, 2.45) is 0 Å². The minimum atomic E-state index is 0. The minimum Gasteiger partial charge on any atom is 0 e. The van der Waals surface area contributed by atoms with E-state index >= 15 is 0 Å². The van der Waals surface area contributed by atoms with Crippen LogP contribution in [-0.4, -0.2) is 35.0 Å². The molecule has 0 unspecified atom stereocenters. The van der Waals surface area contributed by atoms with Crippen LogP contribution in [-0.2, 0) is 21.7 Å². The normalized spacial score (nSPS) is 0. The summed E-state index contributed by atoms with van der Waals surface area (Å²) >= 11 is 0. The second-order valence-corrected chi connectivity index (χ2v) is 0. The van der Waals surface area contributed by atoms with Crippen molar-refractivity contribution in [2.75, 3.05) is 0 Å². The molecule has 2 N–H and O–H groups in total. The van der Waals surface area contributed by atoms with E-state index in [9.17, 15) is 0 Å². The average molecular weight is 230 g/mol. The topological polar surface area (TPSA) is 31.5 Å². The van der Waals surface area contributed by atoms with E-state index in [0.29, 0.717) is 0 Å². The van der Waals surface area contributed by atoms with Gasteiger partial charge >= 0.3 is 29.6 Å². The second kappa shape index (κ2) is 16.6. The van der Waals surface area contributed by atoms with E-state index in [2.05, 4.69) is 0 Å². The maximum atomic E-state index is 0. The maximum Gasteiger partial charge on any atom is 0 e. The first kappa shape index (κ1) is 27.7. The van der Waals surface area contributed by atoms with Gasteiger partial charge in [-0.3, -0.25) is 0 Å². The van der Waals surface area contributed by atoms with Crippen molar-refractivity contribution in [3.05, 3.63) is 0 Å². The fraction of sp³-hybridized carbons (Fsp3) is 0. The molecular weight excluding hydrogens is 227 g/mol. The molecule has 0 saturated heterocycles. The molecular formula is H3CeNaOTi. The Labute approximate surface area is 96.2 Å². The molecule has 0 aromatic carbocycles. The van der Waals surface area contributed by atoms with Crippen LogP contribution in [0, 0.1) is 41.7 Å². The zero-order valence-electron chi connectivity index (χ0n) is 1.50. The van der Waals surface area contributed by atoms with Gasteiger partial charge in [0.15, 0.2) is 0 Å². The zero-order chi connectivity index (χ0) is 0. The molecule has 0 aromatic rings. The Morgan fingerprint density at radius 3 is 1.00 bits per heavy atom. The average Bonchev–Trinajstić information content (AvgIpc) is 0. The summed E-state index contributed by atoms with van der Waals surface area (Å²) in [7, 11) is 0. The summed E-state index contributed by atoms with van der Waals surface area (Å²) in [6, 6.07) is 0. The molecule has 0 spiro atoms. The monoisotopic (exact) mass is 230 g/mol. The third-order valence-electron chi connectivity index (χ3n) is 0. The van der Waals surface area contributed by atoms with Gasteiger partial charge in [0.2, 0.25) is 0 Å². The van der Waals surface area contributed by atoms with Crippen LogP contribution in [0.15, 0.2) is 0 Å². The van der Waals surface area contributed by atoms with Gasteiger partial charge in [-0.05, 0) is 0 Å². The van der Waals surface area contributed by atoms with Gasteiger partial charge in [-0.2, -0.15) is 0 Å². The first-order chi connectivity index (χ1) is 0. The van der Waals surface area contributed by atoms with Crippen LogP contribution in [0.25, 0.3) is 0 Å². The van der Waals surface area contributed by atoms with Crippen LogP contribution in [0.2, 0.25) is 0 Å². The van der Waals surface area contributed by atoms with Crippen LogP contribution < -0.4 is 0 Å². The summed E-state index contributed by atoms with van der Waals surface area (Å²) in [5.41, 5.74) is 0. The Morgan fingerprint density at radius 1 is 1.00 bits per heavy atom. The molecule has 0 bridgehead atoms. The third-order valence-corrected chi connectivity index (χ3v) is 0. The van der Waals surface area contributed by atoms with Crippen molar-refractivity contribution >= 4 is 29.6 Å². The number of hydrogen-bond donors (Lipinski definition) is 0. The fourth-order valence-corrected chi connectivity index (χ4v) is 0. The molecule has 4 heteroatoms. The predicted molar refractivity (Wildman–Crippen MR) is 10.8 cm³/mol. The second-order valence-electron chi connectivity index (χ2n) is 0. The van der Waals surface area contributed by atoms with Crippen molar-refractivity contribution in [1.29, 1.82) is 0 Å². The Morgan fingerprint density at radius 2 is 1.00 bits per heavy atom. The first-order valence-corrected chi connectivity index (χ1v) is 0. The van der Waals surface area contributed by atoms with Gasteiger partial charge in [-0.15, -0.1) is 0 Å². The van der Waals surface area contributed by atoms with E-state index in [1.54, 1.807) is 0 Å². The predicted octanol–water partition coefficient (Wildman–Crippen LogP) is -1.48. The Bertz CT molecular complexity index is 8.00. The van der Waals surface area contributed by atoms with Gasteiger partial charge < -0.3 is 5.48 Å². The molecule has 0 aromatic heterocycles. The molecule has 0 heterocycles.